The maximum atomic E-state index is 11.9. The van der Waals surface area contributed by atoms with Crippen molar-refractivity contribution >= 4 is 5.91 Å². The standard InChI is InChI=1S/C16H23NO2/c1-2-3-6-10-17-16(18)12-13-9-11-19-15-8-5-4-7-14(13)15/h4-5,7-8,13H,2-3,6,9-12H2,1H3,(H,17,18). The van der Waals surface area contributed by atoms with Crippen molar-refractivity contribution in [1.29, 1.82) is 0 Å². The molecule has 0 radical (unpaired) electrons. The van der Waals surface area contributed by atoms with E-state index in [4.69, 9.17) is 4.74 Å². The highest BCUT2D eigenvalue weighted by Gasteiger charge is 2.23. The van der Waals surface area contributed by atoms with E-state index in [1.807, 2.05) is 18.2 Å². The first kappa shape index (κ1) is 13.9. The van der Waals surface area contributed by atoms with E-state index < -0.39 is 0 Å². The van der Waals surface area contributed by atoms with E-state index in [2.05, 4.69) is 18.3 Å². The number of fused-ring (bicyclic) bond motifs is 1. The minimum Gasteiger partial charge on any atom is -0.493 e. The van der Waals surface area contributed by atoms with Crippen LogP contribution in [0.15, 0.2) is 24.3 Å². The van der Waals surface area contributed by atoms with Crippen molar-refractivity contribution in [2.24, 2.45) is 0 Å². The summed E-state index contributed by atoms with van der Waals surface area (Å²) in [7, 11) is 0. The average molecular weight is 261 g/mol. The number of hydrogen-bond donors (Lipinski definition) is 1. The van der Waals surface area contributed by atoms with Crippen molar-refractivity contribution in [2.45, 2.75) is 44.9 Å². The lowest BCUT2D eigenvalue weighted by Gasteiger charge is -2.25. The van der Waals surface area contributed by atoms with E-state index in [-0.39, 0.29) is 5.91 Å². The number of rotatable bonds is 6. The first-order chi connectivity index (χ1) is 9.31. The van der Waals surface area contributed by atoms with Gasteiger partial charge >= 0.3 is 0 Å². The minimum absolute atomic E-state index is 0.165. The van der Waals surface area contributed by atoms with E-state index in [1.54, 1.807) is 0 Å². The highest BCUT2D eigenvalue weighted by atomic mass is 16.5. The normalized spacial score (nSPS) is 17.4. The molecule has 19 heavy (non-hydrogen) atoms. The predicted molar refractivity (Wildman–Crippen MR) is 76.4 cm³/mol. The number of unbranched alkanes of at least 4 members (excludes halogenated alkanes) is 2. The number of hydrogen-bond acceptors (Lipinski definition) is 2. The van der Waals surface area contributed by atoms with Crippen molar-refractivity contribution in [3.8, 4) is 5.75 Å². The number of nitrogens with one attached hydrogen (secondary N) is 1. The van der Waals surface area contributed by atoms with Crippen LogP contribution in [0.5, 0.6) is 5.75 Å². The van der Waals surface area contributed by atoms with Crippen molar-refractivity contribution < 1.29 is 9.53 Å². The molecule has 0 saturated heterocycles. The zero-order valence-electron chi connectivity index (χ0n) is 11.7. The molecule has 1 aromatic carbocycles. The van der Waals surface area contributed by atoms with Gasteiger partial charge in [-0.05, 0) is 30.4 Å². The van der Waals surface area contributed by atoms with Crippen LogP contribution in [-0.2, 0) is 4.79 Å². The Bertz CT molecular complexity index is 417. The quantitative estimate of drug-likeness (QED) is 0.798. The van der Waals surface area contributed by atoms with Crippen LogP contribution in [0.25, 0.3) is 0 Å². The second-order valence-corrected chi connectivity index (χ2v) is 5.13. The summed E-state index contributed by atoms with van der Waals surface area (Å²) >= 11 is 0. The molecule has 3 heteroatoms. The van der Waals surface area contributed by atoms with Crippen molar-refractivity contribution in [1.82, 2.24) is 5.32 Å². The SMILES string of the molecule is CCCCCNC(=O)CC1CCOc2ccccc21. The van der Waals surface area contributed by atoms with Gasteiger partial charge in [0, 0.05) is 13.0 Å². The minimum atomic E-state index is 0.165. The topological polar surface area (TPSA) is 38.3 Å². The Kier molecular flexibility index (Phi) is 5.25. The molecule has 0 aliphatic carbocycles. The fourth-order valence-electron chi connectivity index (χ4n) is 2.53. The number of para-hydroxylation sites is 1. The van der Waals surface area contributed by atoms with Crippen LogP contribution in [0.3, 0.4) is 0 Å². The van der Waals surface area contributed by atoms with Gasteiger partial charge in [0.25, 0.3) is 0 Å². The third kappa shape index (κ3) is 3.98. The molecule has 1 heterocycles. The molecule has 1 N–H and O–H groups in total. The molecule has 1 aromatic rings. The molecular formula is C16H23NO2. The maximum absolute atomic E-state index is 11.9. The van der Waals surface area contributed by atoms with E-state index in [0.29, 0.717) is 18.9 Å². The van der Waals surface area contributed by atoms with E-state index in [9.17, 15) is 4.79 Å². The summed E-state index contributed by atoms with van der Waals surface area (Å²) in [6.07, 6.45) is 4.95. The molecular weight excluding hydrogens is 238 g/mol. The molecule has 0 spiro atoms. The van der Waals surface area contributed by atoms with Gasteiger partial charge < -0.3 is 10.1 Å². The van der Waals surface area contributed by atoms with E-state index in [0.717, 1.165) is 25.1 Å². The highest BCUT2D eigenvalue weighted by molar-refractivity contribution is 5.77. The third-order valence-corrected chi connectivity index (χ3v) is 3.62. The highest BCUT2D eigenvalue weighted by Crippen LogP contribution is 2.35. The van der Waals surface area contributed by atoms with Crippen molar-refractivity contribution in [3.63, 3.8) is 0 Å². The van der Waals surface area contributed by atoms with E-state index in [1.165, 1.54) is 18.4 Å². The van der Waals surface area contributed by atoms with Gasteiger partial charge in [-0.25, -0.2) is 0 Å². The van der Waals surface area contributed by atoms with Gasteiger partial charge in [0.2, 0.25) is 5.91 Å². The van der Waals surface area contributed by atoms with E-state index >= 15 is 0 Å². The Labute approximate surface area is 115 Å². The van der Waals surface area contributed by atoms with Crippen LogP contribution in [0, 0.1) is 0 Å². The number of ether oxygens (including phenoxy) is 1. The lowest BCUT2D eigenvalue weighted by Crippen LogP contribution is -2.27. The summed E-state index contributed by atoms with van der Waals surface area (Å²) in [4.78, 5) is 11.9. The van der Waals surface area contributed by atoms with Gasteiger partial charge in [0.1, 0.15) is 5.75 Å². The number of carbonyl (C=O) groups is 1. The zero-order chi connectivity index (χ0) is 13.5. The monoisotopic (exact) mass is 261 g/mol. The summed E-state index contributed by atoms with van der Waals surface area (Å²) < 4.78 is 5.62. The van der Waals surface area contributed by atoms with Gasteiger partial charge in [0.15, 0.2) is 0 Å². The summed E-state index contributed by atoms with van der Waals surface area (Å²) in [5, 5.41) is 3.02. The smallest absolute Gasteiger partial charge is 0.220 e. The molecule has 1 aliphatic heterocycles. The number of benzene rings is 1. The predicted octanol–water partition coefficient (Wildman–Crippen LogP) is 3.25. The molecule has 1 aliphatic rings. The summed E-state index contributed by atoms with van der Waals surface area (Å²) in [5.41, 5.74) is 1.18. The molecule has 3 nitrogen and oxygen atoms in total. The van der Waals surface area contributed by atoms with Gasteiger partial charge in [-0.2, -0.15) is 0 Å². The van der Waals surface area contributed by atoms with Crippen molar-refractivity contribution in [3.05, 3.63) is 29.8 Å². The first-order valence-corrected chi connectivity index (χ1v) is 7.29. The molecule has 0 saturated carbocycles. The number of amides is 1. The Balaban J connectivity index is 1.85. The van der Waals surface area contributed by atoms with Gasteiger partial charge in [0.05, 0.1) is 6.61 Å². The molecule has 1 atom stereocenters. The van der Waals surface area contributed by atoms with Crippen LogP contribution in [0.1, 0.15) is 50.5 Å². The first-order valence-electron chi connectivity index (χ1n) is 7.29. The molecule has 0 bridgehead atoms. The Morgan fingerprint density at radius 2 is 2.21 bits per heavy atom. The zero-order valence-corrected chi connectivity index (χ0v) is 11.7. The molecule has 1 amide bonds. The third-order valence-electron chi connectivity index (χ3n) is 3.62. The van der Waals surface area contributed by atoms with Crippen LogP contribution in [0.2, 0.25) is 0 Å². The molecule has 1 unspecified atom stereocenters. The maximum Gasteiger partial charge on any atom is 0.220 e. The number of carbonyl (C=O) groups excluding carboxylic acids is 1. The molecule has 104 valence electrons. The Morgan fingerprint density at radius 1 is 1.37 bits per heavy atom. The van der Waals surface area contributed by atoms with Crippen LogP contribution < -0.4 is 10.1 Å². The van der Waals surface area contributed by atoms with Gasteiger partial charge in [-0.15, -0.1) is 0 Å². The van der Waals surface area contributed by atoms with Gasteiger partial charge in [-0.1, -0.05) is 38.0 Å². The molecule has 0 aromatic heterocycles. The molecule has 0 fully saturated rings. The second-order valence-electron chi connectivity index (χ2n) is 5.13. The summed E-state index contributed by atoms with van der Waals surface area (Å²) in [6.45, 7) is 3.68. The van der Waals surface area contributed by atoms with Crippen LogP contribution >= 0.6 is 0 Å². The van der Waals surface area contributed by atoms with Crippen LogP contribution in [-0.4, -0.2) is 19.1 Å². The lowest BCUT2D eigenvalue weighted by molar-refractivity contribution is -0.121. The van der Waals surface area contributed by atoms with Gasteiger partial charge in [-0.3, -0.25) is 4.79 Å². The Morgan fingerprint density at radius 3 is 3.05 bits per heavy atom. The average Bonchev–Trinajstić information content (AvgIpc) is 2.44. The van der Waals surface area contributed by atoms with Crippen LogP contribution in [0.4, 0.5) is 0 Å². The summed E-state index contributed by atoms with van der Waals surface area (Å²) in [6, 6.07) is 8.05. The fraction of sp³-hybridized carbons (Fsp3) is 0.562. The second kappa shape index (κ2) is 7.17. The fourth-order valence-corrected chi connectivity index (χ4v) is 2.53. The Hall–Kier alpha value is -1.51. The molecule has 2 rings (SSSR count). The summed E-state index contributed by atoms with van der Waals surface area (Å²) in [5.74, 6) is 1.41. The lowest BCUT2D eigenvalue weighted by atomic mass is 9.90. The largest absolute Gasteiger partial charge is 0.493 e. The van der Waals surface area contributed by atoms with Crippen molar-refractivity contribution in [2.75, 3.05) is 13.2 Å².